The lowest BCUT2D eigenvalue weighted by atomic mass is 9.90. The molecular weight excluding hydrogens is 336 g/mol. The van der Waals surface area contributed by atoms with Gasteiger partial charge in [0.15, 0.2) is 0 Å². The lowest BCUT2D eigenvalue weighted by Crippen LogP contribution is -2.40. The zero-order valence-corrected chi connectivity index (χ0v) is 15.6. The number of carbonyl (C=O) groups excluding carboxylic acids is 2. The van der Waals surface area contributed by atoms with Crippen molar-refractivity contribution in [2.75, 3.05) is 26.2 Å². The van der Waals surface area contributed by atoms with Crippen molar-refractivity contribution in [3.05, 3.63) is 71.8 Å². The van der Waals surface area contributed by atoms with Gasteiger partial charge in [0.25, 0.3) is 0 Å². The molecule has 1 saturated heterocycles. The number of rotatable bonds is 4. The summed E-state index contributed by atoms with van der Waals surface area (Å²) in [7, 11) is 0. The van der Waals surface area contributed by atoms with Crippen LogP contribution in [0.1, 0.15) is 36.3 Å². The van der Waals surface area contributed by atoms with E-state index in [1.807, 2.05) is 70.5 Å². The molecule has 2 fully saturated rings. The van der Waals surface area contributed by atoms with Crippen molar-refractivity contribution in [3.8, 4) is 0 Å². The first-order chi connectivity index (χ1) is 13.2. The van der Waals surface area contributed by atoms with Gasteiger partial charge in [-0.05, 0) is 30.4 Å². The fourth-order valence-electron chi connectivity index (χ4n) is 3.90. The van der Waals surface area contributed by atoms with Crippen LogP contribution in [-0.2, 0) is 9.59 Å². The Hall–Kier alpha value is -2.62. The zero-order valence-electron chi connectivity index (χ0n) is 15.6. The Kier molecular flexibility index (Phi) is 5.23. The summed E-state index contributed by atoms with van der Waals surface area (Å²) in [5, 5.41) is 0. The Morgan fingerprint density at radius 1 is 0.741 bits per heavy atom. The molecule has 140 valence electrons. The second-order valence-corrected chi connectivity index (χ2v) is 7.53. The highest BCUT2D eigenvalue weighted by Gasteiger charge is 2.35. The van der Waals surface area contributed by atoms with E-state index in [0.29, 0.717) is 19.6 Å². The largest absolute Gasteiger partial charge is 0.341 e. The van der Waals surface area contributed by atoms with Crippen LogP contribution in [0.2, 0.25) is 0 Å². The van der Waals surface area contributed by atoms with Crippen LogP contribution in [0.4, 0.5) is 0 Å². The lowest BCUT2D eigenvalue weighted by molar-refractivity contribution is -0.134. The molecule has 0 atom stereocenters. The summed E-state index contributed by atoms with van der Waals surface area (Å²) >= 11 is 0. The molecule has 4 heteroatoms. The molecule has 1 aliphatic heterocycles. The van der Waals surface area contributed by atoms with Gasteiger partial charge in [-0.2, -0.15) is 0 Å². The highest BCUT2D eigenvalue weighted by atomic mass is 16.2. The molecule has 0 spiro atoms. The maximum absolute atomic E-state index is 13.5. The second-order valence-electron chi connectivity index (χ2n) is 7.53. The molecule has 1 heterocycles. The minimum atomic E-state index is -0.293. The highest BCUT2D eigenvalue weighted by molar-refractivity contribution is 5.87. The molecule has 4 nitrogen and oxygen atoms in total. The molecule has 0 bridgehead atoms. The van der Waals surface area contributed by atoms with Crippen molar-refractivity contribution >= 4 is 11.8 Å². The first-order valence-electron chi connectivity index (χ1n) is 9.91. The van der Waals surface area contributed by atoms with Crippen LogP contribution in [-0.4, -0.2) is 47.8 Å². The summed E-state index contributed by atoms with van der Waals surface area (Å²) in [4.78, 5) is 29.8. The number of amides is 2. The van der Waals surface area contributed by atoms with Crippen molar-refractivity contribution in [1.82, 2.24) is 9.80 Å². The topological polar surface area (TPSA) is 40.6 Å². The van der Waals surface area contributed by atoms with E-state index >= 15 is 0 Å². The maximum Gasteiger partial charge on any atom is 0.234 e. The Bertz CT molecular complexity index is 747. The lowest BCUT2D eigenvalue weighted by Gasteiger charge is -2.27. The summed E-state index contributed by atoms with van der Waals surface area (Å²) < 4.78 is 0. The van der Waals surface area contributed by atoms with Crippen LogP contribution in [0.25, 0.3) is 0 Å². The van der Waals surface area contributed by atoms with Crippen LogP contribution >= 0.6 is 0 Å². The van der Waals surface area contributed by atoms with E-state index in [0.717, 1.165) is 36.9 Å². The molecule has 0 N–H and O–H groups in total. The van der Waals surface area contributed by atoms with Crippen molar-refractivity contribution in [3.63, 3.8) is 0 Å². The average Bonchev–Trinajstić information content (AvgIpc) is 3.56. The SMILES string of the molecule is O=C(C1CC1)N1CCCN(C(=O)C(c2ccccc2)c2ccccc2)CC1. The van der Waals surface area contributed by atoms with Crippen LogP contribution in [0, 0.1) is 5.92 Å². The average molecular weight is 362 g/mol. The third-order valence-electron chi connectivity index (χ3n) is 5.56. The van der Waals surface area contributed by atoms with Gasteiger partial charge in [-0.3, -0.25) is 9.59 Å². The molecule has 2 aliphatic rings. The van der Waals surface area contributed by atoms with Gasteiger partial charge in [-0.1, -0.05) is 60.7 Å². The van der Waals surface area contributed by atoms with E-state index in [1.54, 1.807) is 0 Å². The van der Waals surface area contributed by atoms with Gasteiger partial charge in [0.05, 0.1) is 5.92 Å². The van der Waals surface area contributed by atoms with E-state index in [1.165, 1.54) is 0 Å². The Balaban J connectivity index is 1.53. The smallest absolute Gasteiger partial charge is 0.234 e. The number of hydrogen-bond donors (Lipinski definition) is 0. The number of hydrogen-bond acceptors (Lipinski definition) is 2. The summed E-state index contributed by atoms with van der Waals surface area (Å²) in [6.45, 7) is 2.74. The van der Waals surface area contributed by atoms with E-state index in [2.05, 4.69) is 0 Å². The molecule has 0 aromatic heterocycles. The molecule has 1 saturated carbocycles. The molecule has 4 rings (SSSR count). The van der Waals surface area contributed by atoms with E-state index < -0.39 is 0 Å². The van der Waals surface area contributed by atoms with E-state index in [4.69, 9.17) is 0 Å². The van der Waals surface area contributed by atoms with Crippen LogP contribution in [0.15, 0.2) is 60.7 Å². The standard InChI is InChI=1S/C23H26N2O2/c26-22(20-12-13-20)24-14-7-15-25(17-16-24)23(27)21(18-8-3-1-4-9-18)19-10-5-2-6-11-19/h1-6,8-11,20-21H,7,12-17H2. The normalized spacial score (nSPS) is 17.7. The molecule has 2 amide bonds. The van der Waals surface area contributed by atoms with E-state index in [9.17, 15) is 9.59 Å². The predicted octanol–water partition coefficient (Wildman–Crippen LogP) is 3.29. The molecule has 0 radical (unpaired) electrons. The van der Waals surface area contributed by atoms with Crippen molar-refractivity contribution < 1.29 is 9.59 Å². The molecule has 2 aromatic carbocycles. The fraction of sp³-hybridized carbons (Fsp3) is 0.391. The Morgan fingerprint density at radius 2 is 1.26 bits per heavy atom. The molecular formula is C23H26N2O2. The third kappa shape index (κ3) is 4.05. The van der Waals surface area contributed by atoms with Crippen LogP contribution in [0.3, 0.4) is 0 Å². The Morgan fingerprint density at radius 3 is 1.81 bits per heavy atom. The van der Waals surface area contributed by atoms with Crippen molar-refractivity contribution in [2.24, 2.45) is 5.92 Å². The van der Waals surface area contributed by atoms with Crippen LogP contribution < -0.4 is 0 Å². The third-order valence-corrected chi connectivity index (χ3v) is 5.56. The van der Waals surface area contributed by atoms with Gasteiger partial charge < -0.3 is 9.80 Å². The van der Waals surface area contributed by atoms with Gasteiger partial charge >= 0.3 is 0 Å². The number of benzene rings is 2. The minimum Gasteiger partial charge on any atom is -0.341 e. The van der Waals surface area contributed by atoms with E-state index in [-0.39, 0.29) is 23.7 Å². The van der Waals surface area contributed by atoms with Crippen molar-refractivity contribution in [1.29, 1.82) is 0 Å². The summed E-state index contributed by atoms with van der Waals surface area (Å²) in [6.07, 6.45) is 2.91. The van der Waals surface area contributed by atoms with Gasteiger partial charge in [-0.25, -0.2) is 0 Å². The highest BCUT2D eigenvalue weighted by Crippen LogP contribution is 2.32. The maximum atomic E-state index is 13.5. The summed E-state index contributed by atoms with van der Waals surface area (Å²) in [5.41, 5.74) is 2.03. The second kappa shape index (κ2) is 7.95. The van der Waals surface area contributed by atoms with Gasteiger partial charge in [0, 0.05) is 32.1 Å². The van der Waals surface area contributed by atoms with Crippen molar-refractivity contribution in [2.45, 2.75) is 25.2 Å². The Labute approximate surface area is 160 Å². The molecule has 1 aliphatic carbocycles. The molecule has 2 aromatic rings. The van der Waals surface area contributed by atoms with Gasteiger partial charge in [0.1, 0.15) is 0 Å². The summed E-state index contributed by atoms with van der Waals surface area (Å²) in [5.74, 6) is 0.367. The predicted molar refractivity (Wildman–Crippen MR) is 105 cm³/mol. The van der Waals surface area contributed by atoms with Gasteiger partial charge in [-0.15, -0.1) is 0 Å². The molecule has 0 unspecified atom stereocenters. The quantitative estimate of drug-likeness (QED) is 0.837. The monoisotopic (exact) mass is 362 g/mol. The fourth-order valence-corrected chi connectivity index (χ4v) is 3.90. The van der Waals surface area contributed by atoms with Gasteiger partial charge in [0.2, 0.25) is 11.8 Å². The minimum absolute atomic E-state index is 0.133. The first kappa shape index (κ1) is 17.8. The number of carbonyl (C=O) groups is 2. The molecule has 27 heavy (non-hydrogen) atoms. The first-order valence-corrected chi connectivity index (χ1v) is 9.91. The summed E-state index contributed by atoms with van der Waals surface area (Å²) in [6, 6.07) is 20.0. The number of nitrogens with zero attached hydrogens (tertiary/aromatic N) is 2. The zero-order chi connectivity index (χ0) is 18.6. The van der Waals surface area contributed by atoms with Crippen LogP contribution in [0.5, 0.6) is 0 Å².